The van der Waals surface area contributed by atoms with Crippen molar-refractivity contribution >= 4 is 15.6 Å². The van der Waals surface area contributed by atoms with Crippen LogP contribution in [0.1, 0.15) is 13.3 Å². The van der Waals surface area contributed by atoms with E-state index in [-0.39, 0.29) is 30.3 Å². The first-order chi connectivity index (χ1) is 4.98. The zero-order valence-electron chi connectivity index (χ0n) is 6.41. The van der Waals surface area contributed by atoms with Gasteiger partial charge >= 0.3 is 0 Å². The lowest BCUT2D eigenvalue weighted by Crippen LogP contribution is -2.15. The largest absolute Gasteiger partial charge is 0.395 e. The van der Waals surface area contributed by atoms with Gasteiger partial charge in [0, 0.05) is 6.42 Å². The molecule has 5 heteroatoms. The second-order valence-corrected chi connectivity index (χ2v) is 4.63. The van der Waals surface area contributed by atoms with Crippen molar-refractivity contribution in [1.82, 2.24) is 0 Å². The Labute approximate surface area is 66.1 Å². The number of rotatable bonds is 5. The van der Waals surface area contributed by atoms with Crippen LogP contribution in [-0.2, 0) is 14.6 Å². The van der Waals surface area contributed by atoms with Gasteiger partial charge in [0.05, 0.1) is 18.1 Å². The number of hydrogen-bond donors (Lipinski definition) is 1. The average Bonchev–Trinajstić information content (AvgIpc) is 1.84. The summed E-state index contributed by atoms with van der Waals surface area (Å²) in [5, 5.41) is 8.30. The highest BCUT2D eigenvalue weighted by atomic mass is 32.2. The van der Waals surface area contributed by atoms with Crippen molar-refractivity contribution in [2.45, 2.75) is 13.3 Å². The fourth-order valence-electron chi connectivity index (χ4n) is 0.540. The summed E-state index contributed by atoms with van der Waals surface area (Å²) in [6.45, 7) is 0.967. The first kappa shape index (κ1) is 10.6. The van der Waals surface area contributed by atoms with Gasteiger partial charge in [-0.1, -0.05) is 0 Å². The molecule has 0 saturated heterocycles. The third-order valence-corrected chi connectivity index (χ3v) is 2.80. The molecule has 0 saturated carbocycles. The van der Waals surface area contributed by atoms with E-state index in [0.29, 0.717) is 0 Å². The van der Waals surface area contributed by atoms with Crippen LogP contribution in [0.3, 0.4) is 0 Å². The van der Waals surface area contributed by atoms with Crippen molar-refractivity contribution in [3.05, 3.63) is 0 Å². The smallest absolute Gasteiger partial charge is 0.152 e. The van der Waals surface area contributed by atoms with Crippen LogP contribution in [0.25, 0.3) is 0 Å². The standard InChI is InChI=1S/C6H12O4S/c1-6(8)2-4-11(9,10)5-3-7/h7H,2-5H2,1H3. The Morgan fingerprint density at radius 3 is 2.27 bits per heavy atom. The number of aliphatic hydroxyl groups excluding tert-OH is 1. The maximum Gasteiger partial charge on any atom is 0.152 e. The molecule has 0 radical (unpaired) electrons. The van der Waals surface area contributed by atoms with Gasteiger partial charge in [0.1, 0.15) is 5.78 Å². The minimum atomic E-state index is -3.20. The second kappa shape index (κ2) is 4.46. The predicted molar refractivity (Wildman–Crippen MR) is 41.0 cm³/mol. The Bertz CT molecular complexity index is 217. The monoisotopic (exact) mass is 180 g/mol. The molecule has 0 atom stereocenters. The number of hydrogen-bond acceptors (Lipinski definition) is 4. The van der Waals surface area contributed by atoms with Crippen molar-refractivity contribution in [2.24, 2.45) is 0 Å². The van der Waals surface area contributed by atoms with Gasteiger partial charge in [0.2, 0.25) is 0 Å². The average molecular weight is 180 g/mol. The molecule has 11 heavy (non-hydrogen) atoms. The third-order valence-electron chi connectivity index (χ3n) is 1.17. The molecule has 0 spiro atoms. The van der Waals surface area contributed by atoms with E-state index < -0.39 is 9.84 Å². The molecule has 0 aromatic heterocycles. The Morgan fingerprint density at radius 2 is 1.91 bits per heavy atom. The summed E-state index contributed by atoms with van der Waals surface area (Å²) in [6, 6.07) is 0. The van der Waals surface area contributed by atoms with E-state index in [9.17, 15) is 13.2 Å². The molecule has 0 rings (SSSR count). The van der Waals surface area contributed by atoms with Crippen molar-refractivity contribution in [3.63, 3.8) is 0 Å². The van der Waals surface area contributed by atoms with Crippen molar-refractivity contribution in [3.8, 4) is 0 Å². The van der Waals surface area contributed by atoms with E-state index in [4.69, 9.17) is 5.11 Å². The molecule has 0 fully saturated rings. The molecule has 0 aliphatic heterocycles. The zero-order chi connectivity index (χ0) is 8.91. The Balaban J connectivity index is 3.84. The first-order valence-corrected chi connectivity index (χ1v) is 5.11. The number of ketones is 1. The van der Waals surface area contributed by atoms with Crippen LogP contribution in [0, 0.1) is 0 Å². The fraction of sp³-hybridized carbons (Fsp3) is 0.833. The molecule has 4 nitrogen and oxygen atoms in total. The molecule has 66 valence electrons. The summed E-state index contributed by atoms with van der Waals surface area (Å²) < 4.78 is 21.6. The van der Waals surface area contributed by atoms with E-state index in [0.717, 1.165) is 0 Å². The number of carbonyl (C=O) groups is 1. The highest BCUT2D eigenvalue weighted by Crippen LogP contribution is 1.93. The zero-order valence-corrected chi connectivity index (χ0v) is 7.23. The normalized spacial score (nSPS) is 11.5. The van der Waals surface area contributed by atoms with Gasteiger partial charge < -0.3 is 5.11 Å². The molecule has 1 N–H and O–H groups in total. The third kappa shape index (κ3) is 6.00. The molecule has 0 aliphatic rings. The van der Waals surface area contributed by atoms with Gasteiger partial charge in [-0.25, -0.2) is 8.42 Å². The topological polar surface area (TPSA) is 71.4 Å². The maximum atomic E-state index is 10.8. The van der Waals surface area contributed by atoms with Gasteiger partial charge in [-0.15, -0.1) is 0 Å². The predicted octanol–water partition coefficient (Wildman–Crippen LogP) is -0.627. The van der Waals surface area contributed by atoms with Crippen LogP contribution in [0.2, 0.25) is 0 Å². The van der Waals surface area contributed by atoms with E-state index in [1.165, 1.54) is 6.92 Å². The molecular formula is C6H12O4S. The van der Waals surface area contributed by atoms with Crippen molar-refractivity contribution in [1.29, 1.82) is 0 Å². The summed E-state index contributed by atoms with van der Waals surface area (Å²) in [6.07, 6.45) is 0.0440. The lowest BCUT2D eigenvalue weighted by Gasteiger charge is -1.98. The van der Waals surface area contributed by atoms with Crippen LogP contribution in [0.5, 0.6) is 0 Å². The Kier molecular flexibility index (Phi) is 4.29. The summed E-state index contributed by atoms with van der Waals surface area (Å²) in [5.41, 5.74) is 0. The molecule has 0 bridgehead atoms. The van der Waals surface area contributed by atoms with Crippen LogP contribution >= 0.6 is 0 Å². The number of sulfone groups is 1. The number of aliphatic hydroxyl groups is 1. The van der Waals surface area contributed by atoms with Crippen molar-refractivity contribution in [2.75, 3.05) is 18.1 Å². The van der Waals surface area contributed by atoms with Gasteiger partial charge in [-0.2, -0.15) is 0 Å². The summed E-state index contributed by atoms with van der Waals surface area (Å²) in [7, 11) is -3.20. The molecule has 0 aromatic carbocycles. The fourth-order valence-corrected chi connectivity index (χ4v) is 1.62. The lowest BCUT2D eigenvalue weighted by molar-refractivity contribution is -0.116. The quantitative estimate of drug-likeness (QED) is 0.611. The van der Waals surface area contributed by atoms with Gasteiger partial charge in [-0.3, -0.25) is 4.79 Å². The van der Waals surface area contributed by atoms with Crippen LogP contribution in [0.4, 0.5) is 0 Å². The number of Topliss-reactive ketones (excluding diaryl/α,β-unsaturated/α-hetero) is 1. The lowest BCUT2D eigenvalue weighted by atomic mass is 10.4. The summed E-state index contributed by atoms with van der Waals surface area (Å²) >= 11 is 0. The molecule has 0 heterocycles. The van der Waals surface area contributed by atoms with E-state index in [1.807, 2.05) is 0 Å². The van der Waals surface area contributed by atoms with Gasteiger partial charge in [-0.05, 0) is 6.92 Å². The van der Waals surface area contributed by atoms with Gasteiger partial charge in [0.25, 0.3) is 0 Å². The van der Waals surface area contributed by atoms with Gasteiger partial charge in [0.15, 0.2) is 9.84 Å². The summed E-state index contributed by atoms with van der Waals surface area (Å²) in [4.78, 5) is 10.4. The molecule has 0 aromatic rings. The molecule has 0 unspecified atom stereocenters. The van der Waals surface area contributed by atoms with Crippen LogP contribution in [0.15, 0.2) is 0 Å². The molecule has 0 aliphatic carbocycles. The molecule has 0 amide bonds. The number of carbonyl (C=O) groups excluding carboxylic acids is 1. The molecular weight excluding hydrogens is 168 g/mol. The minimum Gasteiger partial charge on any atom is -0.395 e. The van der Waals surface area contributed by atoms with Crippen molar-refractivity contribution < 1.29 is 18.3 Å². The minimum absolute atomic E-state index is 0.0440. The van der Waals surface area contributed by atoms with Crippen LogP contribution < -0.4 is 0 Å². The van der Waals surface area contributed by atoms with E-state index in [2.05, 4.69) is 0 Å². The Morgan fingerprint density at radius 1 is 1.36 bits per heavy atom. The van der Waals surface area contributed by atoms with E-state index in [1.54, 1.807) is 0 Å². The maximum absolute atomic E-state index is 10.8. The summed E-state index contributed by atoms with van der Waals surface area (Å²) in [5.74, 6) is -0.546. The first-order valence-electron chi connectivity index (χ1n) is 3.28. The highest BCUT2D eigenvalue weighted by molar-refractivity contribution is 7.91. The Hall–Kier alpha value is -0.420. The van der Waals surface area contributed by atoms with E-state index >= 15 is 0 Å². The highest BCUT2D eigenvalue weighted by Gasteiger charge is 2.10. The SMILES string of the molecule is CC(=O)CCS(=O)(=O)CCO. The second-order valence-electron chi connectivity index (χ2n) is 2.33. The van der Waals surface area contributed by atoms with Crippen LogP contribution in [-0.4, -0.2) is 37.4 Å².